The first-order valence-electron chi connectivity index (χ1n) is 5.51. The van der Waals surface area contributed by atoms with Crippen molar-refractivity contribution in [2.75, 3.05) is 0 Å². The van der Waals surface area contributed by atoms with Gasteiger partial charge in [0.05, 0.1) is 5.38 Å². The first-order valence-corrected chi connectivity index (χ1v) is 5.94. The molecule has 2 rings (SSSR count). The molecular formula is C14H9ClF4. The van der Waals surface area contributed by atoms with E-state index in [1.165, 1.54) is 18.2 Å². The molecule has 1 unspecified atom stereocenters. The number of halogens is 5. The van der Waals surface area contributed by atoms with Crippen LogP contribution in [-0.2, 0) is 6.42 Å². The Balaban J connectivity index is 2.31. The summed E-state index contributed by atoms with van der Waals surface area (Å²) < 4.78 is 53.2. The zero-order valence-corrected chi connectivity index (χ0v) is 10.4. The zero-order valence-electron chi connectivity index (χ0n) is 9.64. The van der Waals surface area contributed by atoms with Gasteiger partial charge in [0.1, 0.15) is 23.3 Å². The van der Waals surface area contributed by atoms with E-state index in [2.05, 4.69) is 0 Å². The molecule has 0 radical (unpaired) electrons. The summed E-state index contributed by atoms with van der Waals surface area (Å²) in [5, 5.41) is -1.11. The van der Waals surface area contributed by atoms with Crippen molar-refractivity contribution in [3.63, 3.8) is 0 Å². The summed E-state index contributed by atoms with van der Waals surface area (Å²) in [6, 6.07) is 6.91. The van der Waals surface area contributed by atoms with Crippen LogP contribution in [0.5, 0.6) is 0 Å². The van der Waals surface area contributed by atoms with E-state index in [1.54, 1.807) is 6.07 Å². The largest absolute Gasteiger partial charge is 0.207 e. The number of benzene rings is 2. The summed E-state index contributed by atoms with van der Waals surface area (Å²) in [4.78, 5) is 0. The first kappa shape index (κ1) is 13.9. The lowest BCUT2D eigenvalue weighted by Gasteiger charge is -2.12. The van der Waals surface area contributed by atoms with Gasteiger partial charge in [-0.15, -0.1) is 11.6 Å². The van der Waals surface area contributed by atoms with Crippen LogP contribution in [0.15, 0.2) is 36.4 Å². The third-order valence-electron chi connectivity index (χ3n) is 2.71. The van der Waals surface area contributed by atoms with Crippen LogP contribution in [0.2, 0.25) is 0 Å². The second-order valence-corrected chi connectivity index (χ2v) is 4.57. The Morgan fingerprint density at radius 3 is 2.05 bits per heavy atom. The molecule has 1 atom stereocenters. The summed E-state index contributed by atoms with van der Waals surface area (Å²) in [5.74, 6) is -3.67. The van der Waals surface area contributed by atoms with Crippen LogP contribution < -0.4 is 0 Å². The highest BCUT2D eigenvalue weighted by Crippen LogP contribution is 2.30. The van der Waals surface area contributed by atoms with Gasteiger partial charge in [0.25, 0.3) is 0 Å². The Hall–Kier alpha value is -1.55. The van der Waals surface area contributed by atoms with Crippen molar-refractivity contribution in [3.8, 4) is 0 Å². The van der Waals surface area contributed by atoms with Gasteiger partial charge in [0.2, 0.25) is 0 Å². The fourth-order valence-electron chi connectivity index (χ4n) is 1.81. The lowest BCUT2D eigenvalue weighted by atomic mass is 10.0. The molecule has 0 saturated heterocycles. The number of hydrogen-bond donors (Lipinski definition) is 0. The Bertz CT molecular complexity index is 575. The van der Waals surface area contributed by atoms with Crippen molar-refractivity contribution in [1.29, 1.82) is 0 Å². The molecule has 0 aliphatic rings. The van der Waals surface area contributed by atoms with Gasteiger partial charge in [0.15, 0.2) is 0 Å². The minimum atomic E-state index is -1.11. The first-order chi connectivity index (χ1) is 8.99. The van der Waals surface area contributed by atoms with Gasteiger partial charge in [-0.2, -0.15) is 0 Å². The van der Waals surface area contributed by atoms with Crippen LogP contribution >= 0.6 is 11.6 Å². The third kappa shape index (κ3) is 3.07. The van der Waals surface area contributed by atoms with E-state index in [0.29, 0.717) is 12.1 Å². The Labute approximate surface area is 112 Å². The maximum absolute atomic E-state index is 13.5. The molecule has 0 aromatic heterocycles. The van der Waals surface area contributed by atoms with E-state index in [-0.39, 0.29) is 12.0 Å². The Kier molecular flexibility index (Phi) is 4.10. The fraction of sp³-hybridized carbons (Fsp3) is 0.143. The standard InChI is InChI=1S/C14H9ClF4/c15-10(5-8-3-1-2-4-11(8)17)14-12(18)6-9(16)7-13(14)19/h1-4,6-7,10H,5H2. The van der Waals surface area contributed by atoms with Crippen LogP contribution in [-0.4, -0.2) is 0 Å². The summed E-state index contributed by atoms with van der Waals surface area (Å²) in [7, 11) is 0. The van der Waals surface area contributed by atoms with E-state index in [4.69, 9.17) is 11.6 Å². The monoisotopic (exact) mass is 288 g/mol. The molecule has 0 amide bonds. The fourth-order valence-corrected chi connectivity index (χ4v) is 2.19. The second-order valence-electron chi connectivity index (χ2n) is 4.05. The molecule has 0 fully saturated rings. The highest BCUT2D eigenvalue weighted by atomic mass is 35.5. The van der Waals surface area contributed by atoms with Crippen LogP contribution in [0.4, 0.5) is 17.6 Å². The molecular weight excluding hydrogens is 280 g/mol. The van der Waals surface area contributed by atoms with E-state index < -0.39 is 34.2 Å². The molecule has 5 heteroatoms. The average molecular weight is 289 g/mol. The summed E-state index contributed by atoms with van der Waals surface area (Å²) in [6.45, 7) is 0. The molecule has 0 spiro atoms. The predicted octanol–water partition coefficient (Wildman–Crippen LogP) is 4.77. The van der Waals surface area contributed by atoms with Gasteiger partial charge < -0.3 is 0 Å². The van der Waals surface area contributed by atoms with Crippen LogP contribution in [0.3, 0.4) is 0 Å². The molecule has 0 aliphatic heterocycles. The summed E-state index contributed by atoms with van der Waals surface area (Å²) in [6.07, 6.45) is -0.0896. The lowest BCUT2D eigenvalue weighted by Crippen LogP contribution is -2.04. The van der Waals surface area contributed by atoms with Crippen molar-refractivity contribution >= 4 is 11.6 Å². The molecule has 0 N–H and O–H groups in total. The molecule has 0 bridgehead atoms. The van der Waals surface area contributed by atoms with Crippen molar-refractivity contribution in [3.05, 3.63) is 70.8 Å². The molecule has 100 valence electrons. The maximum atomic E-state index is 13.5. The molecule has 0 saturated carbocycles. The lowest BCUT2D eigenvalue weighted by molar-refractivity contribution is 0.518. The number of rotatable bonds is 3. The normalized spacial score (nSPS) is 12.5. The summed E-state index contributed by atoms with van der Waals surface area (Å²) >= 11 is 5.91. The van der Waals surface area contributed by atoms with Crippen LogP contribution in [0.25, 0.3) is 0 Å². The van der Waals surface area contributed by atoms with Crippen molar-refractivity contribution < 1.29 is 17.6 Å². The Morgan fingerprint density at radius 1 is 0.895 bits per heavy atom. The van der Waals surface area contributed by atoms with Crippen molar-refractivity contribution in [1.82, 2.24) is 0 Å². The Morgan fingerprint density at radius 2 is 1.47 bits per heavy atom. The molecule has 0 aliphatic carbocycles. The minimum Gasteiger partial charge on any atom is -0.207 e. The van der Waals surface area contributed by atoms with Crippen molar-refractivity contribution in [2.45, 2.75) is 11.8 Å². The van der Waals surface area contributed by atoms with E-state index in [9.17, 15) is 17.6 Å². The number of hydrogen-bond acceptors (Lipinski definition) is 0. The van der Waals surface area contributed by atoms with Gasteiger partial charge in [-0.3, -0.25) is 0 Å². The molecule has 0 heterocycles. The van der Waals surface area contributed by atoms with Gasteiger partial charge in [0, 0.05) is 17.7 Å². The quantitative estimate of drug-likeness (QED) is 0.564. The van der Waals surface area contributed by atoms with Gasteiger partial charge in [-0.25, -0.2) is 17.6 Å². The smallest absolute Gasteiger partial charge is 0.133 e. The summed E-state index contributed by atoms with van der Waals surface area (Å²) in [5.41, 5.74) is -0.211. The minimum absolute atomic E-state index is 0.0896. The zero-order chi connectivity index (χ0) is 14.0. The van der Waals surface area contributed by atoms with Crippen molar-refractivity contribution in [2.24, 2.45) is 0 Å². The van der Waals surface area contributed by atoms with Crippen LogP contribution in [0.1, 0.15) is 16.5 Å². The third-order valence-corrected chi connectivity index (χ3v) is 3.09. The number of alkyl halides is 1. The molecule has 2 aromatic rings. The average Bonchev–Trinajstić information content (AvgIpc) is 2.30. The molecule has 2 aromatic carbocycles. The van der Waals surface area contributed by atoms with E-state index in [1.807, 2.05) is 0 Å². The molecule has 0 nitrogen and oxygen atoms in total. The highest BCUT2D eigenvalue weighted by Gasteiger charge is 2.20. The van der Waals surface area contributed by atoms with Gasteiger partial charge in [-0.1, -0.05) is 18.2 Å². The predicted molar refractivity (Wildman–Crippen MR) is 65.0 cm³/mol. The van der Waals surface area contributed by atoms with E-state index in [0.717, 1.165) is 0 Å². The topological polar surface area (TPSA) is 0 Å². The van der Waals surface area contributed by atoms with Crippen LogP contribution in [0, 0.1) is 23.3 Å². The molecule has 19 heavy (non-hydrogen) atoms. The maximum Gasteiger partial charge on any atom is 0.133 e. The second kappa shape index (κ2) is 5.61. The van der Waals surface area contributed by atoms with Gasteiger partial charge in [-0.05, 0) is 18.1 Å². The van der Waals surface area contributed by atoms with Gasteiger partial charge >= 0.3 is 0 Å². The van der Waals surface area contributed by atoms with E-state index >= 15 is 0 Å². The highest BCUT2D eigenvalue weighted by molar-refractivity contribution is 6.21. The SMILES string of the molecule is Fc1cc(F)c(C(Cl)Cc2ccccc2F)c(F)c1.